The lowest BCUT2D eigenvalue weighted by Crippen LogP contribution is -2.07. The van der Waals surface area contributed by atoms with Gasteiger partial charge in [-0.2, -0.15) is 0 Å². The highest BCUT2D eigenvalue weighted by Gasteiger charge is 2.15. The Balaban J connectivity index is 2.60. The van der Waals surface area contributed by atoms with Crippen LogP contribution in [0.5, 0.6) is 5.75 Å². The number of aromatic amines is 1. The van der Waals surface area contributed by atoms with Gasteiger partial charge in [-0.3, -0.25) is 0 Å². The lowest BCUT2D eigenvalue weighted by molar-refractivity contribution is 0.408. The number of nitrogens with one attached hydrogen (secondary N) is 2. The minimum absolute atomic E-state index is 0.777. The Kier molecular flexibility index (Phi) is 3.90. The Labute approximate surface area is 114 Å². The van der Waals surface area contributed by atoms with Crippen LogP contribution in [-0.4, -0.2) is 24.1 Å². The van der Waals surface area contributed by atoms with E-state index in [1.807, 2.05) is 7.05 Å². The van der Waals surface area contributed by atoms with Crippen LogP contribution in [0.2, 0.25) is 0 Å². The lowest BCUT2D eigenvalue weighted by atomic mass is 9.96. The van der Waals surface area contributed by atoms with E-state index < -0.39 is 0 Å². The van der Waals surface area contributed by atoms with Crippen LogP contribution < -0.4 is 10.1 Å². The van der Waals surface area contributed by atoms with Gasteiger partial charge in [0, 0.05) is 12.1 Å². The summed E-state index contributed by atoms with van der Waals surface area (Å²) < 4.78 is 5.47. The summed E-state index contributed by atoms with van der Waals surface area (Å²) in [7, 11) is 3.65. The second kappa shape index (κ2) is 5.45. The highest BCUT2D eigenvalue weighted by Crippen LogP contribution is 2.34. The first-order chi connectivity index (χ1) is 9.10. The maximum atomic E-state index is 5.47. The molecule has 4 nitrogen and oxygen atoms in total. The van der Waals surface area contributed by atoms with Crippen molar-refractivity contribution in [2.45, 2.75) is 27.3 Å². The fourth-order valence-corrected chi connectivity index (χ4v) is 2.48. The van der Waals surface area contributed by atoms with Gasteiger partial charge in [-0.05, 0) is 50.6 Å². The molecule has 1 aromatic heterocycles. The van der Waals surface area contributed by atoms with Crippen molar-refractivity contribution in [2.75, 3.05) is 14.2 Å². The van der Waals surface area contributed by atoms with Crippen molar-refractivity contribution in [3.05, 3.63) is 34.8 Å². The summed E-state index contributed by atoms with van der Waals surface area (Å²) in [5, 5.41) is 3.16. The molecule has 102 valence electrons. The molecule has 4 heteroatoms. The van der Waals surface area contributed by atoms with Gasteiger partial charge in [0.25, 0.3) is 0 Å². The van der Waals surface area contributed by atoms with E-state index in [-0.39, 0.29) is 0 Å². The zero-order valence-corrected chi connectivity index (χ0v) is 12.2. The van der Waals surface area contributed by atoms with Crippen molar-refractivity contribution in [3.8, 4) is 17.0 Å². The minimum atomic E-state index is 0.777. The molecule has 2 rings (SSSR count). The van der Waals surface area contributed by atoms with Crippen molar-refractivity contribution < 1.29 is 4.74 Å². The second-order valence-corrected chi connectivity index (χ2v) is 4.78. The Morgan fingerprint density at radius 1 is 1.26 bits per heavy atom. The molecule has 0 atom stereocenters. The first-order valence-corrected chi connectivity index (χ1v) is 6.42. The van der Waals surface area contributed by atoms with Crippen molar-refractivity contribution in [1.29, 1.82) is 0 Å². The lowest BCUT2D eigenvalue weighted by Gasteiger charge is -2.15. The molecule has 0 radical (unpaired) electrons. The molecule has 19 heavy (non-hydrogen) atoms. The average Bonchev–Trinajstić information content (AvgIpc) is 2.83. The van der Waals surface area contributed by atoms with Crippen LogP contribution in [0.15, 0.2) is 12.4 Å². The number of imidazole rings is 1. The van der Waals surface area contributed by atoms with E-state index in [0.717, 1.165) is 29.2 Å². The summed E-state index contributed by atoms with van der Waals surface area (Å²) >= 11 is 0. The van der Waals surface area contributed by atoms with Crippen molar-refractivity contribution in [1.82, 2.24) is 15.3 Å². The predicted molar refractivity (Wildman–Crippen MR) is 77.6 cm³/mol. The Bertz CT molecular complexity index is 587. The summed E-state index contributed by atoms with van der Waals surface area (Å²) in [6, 6.07) is 2.15. The van der Waals surface area contributed by atoms with Gasteiger partial charge in [-0.15, -0.1) is 0 Å². The van der Waals surface area contributed by atoms with Crippen LogP contribution in [0.4, 0.5) is 0 Å². The fraction of sp³-hybridized carbons (Fsp3) is 0.400. The number of methoxy groups -OCH3 is 1. The summed E-state index contributed by atoms with van der Waals surface area (Å²) in [4.78, 5) is 7.66. The predicted octanol–water partition coefficient (Wildman–Crippen LogP) is 2.73. The van der Waals surface area contributed by atoms with Gasteiger partial charge in [-0.25, -0.2) is 4.98 Å². The molecule has 2 aromatic rings. The highest BCUT2D eigenvalue weighted by atomic mass is 16.5. The smallest absolute Gasteiger partial charge is 0.124 e. The molecule has 0 aliphatic carbocycles. The molecule has 0 fully saturated rings. The topological polar surface area (TPSA) is 49.9 Å². The van der Waals surface area contributed by atoms with Crippen LogP contribution in [-0.2, 0) is 6.54 Å². The number of hydrogen-bond acceptors (Lipinski definition) is 3. The number of nitrogens with zero attached hydrogens (tertiary/aromatic N) is 1. The molecule has 0 spiro atoms. The van der Waals surface area contributed by atoms with Gasteiger partial charge in [0.05, 0.1) is 24.8 Å². The van der Waals surface area contributed by atoms with Crippen molar-refractivity contribution in [3.63, 3.8) is 0 Å². The number of H-pyrrole nitrogens is 1. The maximum Gasteiger partial charge on any atom is 0.124 e. The minimum Gasteiger partial charge on any atom is -0.496 e. The molecule has 0 amide bonds. The number of hydrogen-bond donors (Lipinski definition) is 2. The quantitative estimate of drug-likeness (QED) is 0.887. The van der Waals surface area contributed by atoms with Gasteiger partial charge in [0.2, 0.25) is 0 Å². The van der Waals surface area contributed by atoms with E-state index >= 15 is 0 Å². The van der Waals surface area contributed by atoms with Crippen molar-refractivity contribution >= 4 is 0 Å². The average molecular weight is 259 g/mol. The maximum absolute atomic E-state index is 5.47. The van der Waals surface area contributed by atoms with Crippen LogP contribution in [0.1, 0.15) is 22.4 Å². The zero-order valence-electron chi connectivity index (χ0n) is 12.2. The number of ether oxygens (including phenoxy) is 1. The van der Waals surface area contributed by atoms with E-state index in [0.29, 0.717) is 0 Å². The number of benzene rings is 1. The largest absolute Gasteiger partial charge is 0.496 e. The molecule has 0 aliphatic heterocycles. The summed E-state index contributed by atoms with van der Waals surface area (Å²) in [5.74, 6) is 0.965. The van der Waals surface area contributed by atoms with Crippen molar-refractivity contribution in [2.24, 2.45) is 0 Å². The molecule has 1 heterocycles. The Morgan fingerprint density at radius 3 is 2.63 bits per heavy atom. The Hall–Kier alpha value is -1.81. The first kappa shape index (κ1) is 13.6. The van der Waals surface area contributed by atoms with E-state index in [2.05, 4.69) is 42.1 Å². The molecular formula is C15H21N3O. The molecular weight excluding hydrogens is 238 g/mol. The SMILES string of the molecule is CNCc1[nH]cnc1-c1cc(C)c(OC)c(C)c1C. The van der Waals surface area contributed by atoms with E-state index in [9.17, 15) is 0 Å². The highest BCUT2D eigenvalue weighted by molar-refractivity contribution is 5.70. The molecule has 0 saturated heterocycles. The normalized spacial score (nSPS) is 10.8. The molecule has 0 saturated carbocycles. The van der Waals surface area contributed by atoms with Crippen LogP contribution in [0.3, 0.4) is 0 Å². The van der Waals surface area contributed by atoms with E-state index in [4.69, 9.17) is 4.74 Å². The van der Waals surface area contributed by atoms with Crippen LogP contribution in [0.25, 0.3) is 11.3 Å². The molecule has 2 N–H and O–H groups in total. The standard InChI is InChI=1S/C15H21N3O/c1-9-6-12(10(2)11(3)15(9)19-5)14-13(7-16-4)17-8-18-14/h6,8,16H,7H2,1-5H3,(H,17,18). The van der Waals surface area contributed by atoms with E-state index in [1.54, 1.807) is 13.4 Å². The van der Waals surface area contributed by atoms with Gasteiger partial charge in [0.1, 0.15) is 5.75 Å². The third-order valence-electron chi connectivity index (χ3n) is 3.56. The Morgan fingerprint density at radius 2 is 2.00 bits per heavy atom. The summed E-state index contributed by atoms with van der Waals surface area (Å²) in [6.07, 6.45) is 1.75. The van der Waals surface area contributed by atoms with Gasteiger partial charge >= 0.3 is 0 Å². The number of rotatable bonds is 4. The molecule has 0 unspecified atom stereocenters. The molecule has 0 aliphatic rings. The molecule has 0 bridgehead atoms. The van der Waals surface area contributed by atoms with Crippen LogP contribution >= 0.6 is 0 Å². The van der Waals surface area contributed by atoms with Gasteiger partial charge in [0.15, 0.2) is 0 Å². The second-order valence-electron chi connectivity index (χ2n) is 4.78. The summed E-state index contributed by atoms with van der Waals surface area (Å²) in [5.41, 5.74) is 6.82. The van der Waals surface area contributed by atoms with Gasteiger partial charge in [-0.1, -0.05) is 0 Å². The van der Waals surface area contributed by atoms with Gasteiger partial charge < -0.3 is 15.0 Å². The summed E-state index contributed by atoms with van der Waals surface area (Å²) in [6.45, 7) is 7.05. The number of aryl methyl sites for hydroxylation is 1. The monoisotopic (exact) mass is 259 g/mol. The number of aromatic nitrogens is 2. The van der Waals surface area contributed by atoms with Crippen LogP contribution in [0, 0.1) is 20.8 Å². The third kappa shape index (κ3) is 2.36. The van der Waals surface area contributed by atoms with E-state index in [1.165, 1.54) is 16.7 Å². The fourth-order valence-electron chi connectivity index (χ4n) is 2.48. The first-order valence-electron chi connectivity index (χ1n) is 6.42. The third-order valence-corrected chi connectivity index (χ3v) is 3.56. The molecule has 1 aromatic carbocycles. The zero-order chi connectivity index (χ0) is 14.0.